The molecule has 1 atom stereocenters. The summed E-state index contributed by atoms with van der Waals surface area (Å²) in [6.07, 6.45) is 5.90. The molecule has 0 N–H and O–H groups in total. The van der Waals surface area contributed by atoms with Crippen LogP contribution < -0.4 is 4.74 Å². The minimum atomic E-state index is -0.351. The summed E-state index contributed by atoms with van der Waals surface area (Å²) < 4.78 is 7.31. The van der Waals surface area contributed by atoms with Crippen LogP contribution in [0, 0.1) is 0 Å². The van der Waals surface area contributed by atoms with Crippen molar-refractivity contribution in [1.82, 2.24) is 30.0 Å². The quantitative estimate of drug-likeness (QED) is 0.741. The van der Waals surface area contributed by atoms with Crippen molar-refractivity contribution in [2.24, 2.45) is 0 Å². The molecule has 0 radical (unpaired) electrons. The van der Waals surface area contributed by atoms with Gasteiger partial charge in [-0.05, 0) is 61.5 Å². The fourth-order valence-corrected chi connectivity index (χ4v) is 4.72. The second kappa shape index (κ2) is 8.10. The molecular formula is C21H30N6O2. The molecule has 1 saturated carbocycles. The molecule has 1 amide bonds. The first-order valence-corrected chi connectivity index (χ1v) is 10.4. The van der Waals surface area contributed by atoms with Gasteiger partial charge in [0.2, 0.25) is 5.91 Å². The van der Waals surface area contributed by atoms with Crippen LogP contribution in [-0.2, 0) is 16.8 Å². The number of carbonyl (C=O) groups excluding carboxylic acids is 1. The van der Waals surface area contributed by atoms with E-state index in [9.17, 15) is 4.79 Å². The van der Waals surface area contributed by atoms with E-state index in [1.54, 1.807) is 7.11 Å². The molecule has 1 aromatic heterocycles. The Morgan fingerprint density at radius 1 is 1.31 bits per heavy atom. The largest absolute Gasteiger partial charge is 0.497 e. The van der Waals surface area contributed by atoms with Crippen molar-refractivity contribution in [2.75, 3.05) is 34.3 Å². The zero-order chi connectivity index (χ0) is 20.4. The average molecular weight is 399 g/mol. The second-order valence-electron chi connectivity index (χ2n) is 8.40. The van der Waals surface area contributed by atoms with Crippen molar-refractivity contribution in [3.8, 4) is 5.75 Å². The highest BCUT2D eigenvalue weighted by Gasteiger charge is 2.47. The summed E-state index contributed by atoms with van der Waals surface area (Å²) >= 11 is 0. The molecule has 2 fully saturated rings. The molecule has 1 aliphatic carbocycles. The number of likely N-dealkylation sites (N-methyl/N-ethyl adjacent to an activating group) is 1. The summed E-state index contributed by atoms with van der Waals surface area (Å²) in [6, 6.07) is 8.08. The third kappa shape index (κ3) is 3.73. The molecule has 0 spiro atoms. The summed E-state index contributed by atoms with van der Waals surface area (Å²) in [5, 5.41) is 12.8. The minimum Gasteiger partial charge on any atom is -0.497 e. The van der Waals surface area contributed by atoms with Crippen molar-refractivity contribution in [1.29, 1.82) is 0 Å². The summed E-state index contributed by atoms with van der Waals surface area (Å²) in [5.74, 6) is 1.79. The highest BCUT2D eigenvalue weighted by molar-refractivity contribution is 5.79. The van der Waals surface area contributed by atoms with E-state index in [0.717, 1.165) is 36.4 Å². The van der Waals surface area contributed by atoms with Gasteiger partial charge in [-0.1, -0.05) is 25.0 Å². The van der Waals surface area contributed by atoms with E-state index >= 15 is 0 Å². The summed E-state index contributed by atoms with van der Waals surface area (Å²) in [5.41, 5.74) is 0.614. The monoisotopic (exact) mass is 398 g/mol. The number of hydrogen-bond donors (Lipinski definition) is 0. The van der Waals surface area contributed by atoms with Gasteiger partial charge in [0.05, 0.1) is 19.6 Å². The van der Waals surface area contributed by atoms with Crippen molar-refractivity contribution in [2.45, 2.75) is 50.1 Å². The van der Waals surface area contributed by atoms with Gasteiger partial charge in [0, 0.05) is 13.1 Å². The molecule has 8 heteroatoms. The van der Waals surface area contributed by atoms with Crippen molar-refractivity contribution in [3.05, 3.63) is 35.7 Å². The molecule has 2 aromatic rings. The molecule has 2 aliphatic rings. The fourth-order valence-electron chi connectivity index (χ4n) is 4.72. The number of amides is 1. The maximum absolute atomic E-state index is 13.0. The highest BCUT2D eigenvalue weighted by atomic mass is 16.5. The number of rotatable bonds is 6. The van der Waals surface area contributed by atoms with E-state index in [1.165, 1.54) is 12.8 Å². The molecule has 1 unspecified atom stereocenters. The van der Waals surface area contributed by atoms with Crippen LogP contribution in [0.3, 0.4) is 0 Å². The summed E-state index contributed by atoms with van der Waals surface area (Å²) in [6.45, 7) is 1.31. The number of carbonyl (C=O) groups is 1. The van der Waals surface area contributed by atoms with Crippen LogP contribution in [0.25, 0.3) is 0 Å². The maximum atomic E-state index is 13.0. The first-order chi connectivity index (χ1) is 14.0. The molecular weight excluding hydrogens is 368 g/mol. The van der Waals surface area contributed by atoms with E-state index in [4.69, 9.17) is 4.74 Å². The lowest BCUT2D eigenvalue weighted by atomic mass is 9.95. The molecule has 0 bridgehead atoms. The lowest BCUT2D eigenvalue weighted by Crippen LogP contribution is -2.47. The van der Waals surface area contributed by atoms with Gasteiger partial charge in [-0.2, -0.15) is 0 Å². The van der Waals surface area contributed by atoms with Gasteiger partial charge in [0.25, 0.3) is 0 Å². The van der Waals surface area contributed by atoms with E-state index in [-0.39, 0.29) is 11.4 Å². The standard InChI is InChI=1S/C21H30N6O2/c1-25(2)21(20-22-23-24-27(20)17-8-4-5-9-17)11-12-26(15-21)19(28)14-16-7-6-10-18(13-16)29-3/h6-7,10,13,17H,4-5,8-9,11-12,14-15H2,1-3H3. The van der Waals surface area contributed by atoms with Crippen LogP contribution >= 0.6 is 0 Å². The SMILES string of the molecule is COc1cccc(CC(=O)N2CCC(c3nnnn3C3CCCC3)(N(C)C)C2)c1. The third-order valence-electron chi connectivity index (χ3n) is 6.53. The van der Waals surface area contributed by atoms with Crippen LogP contribution in [0.5, 0.6) is 5.75 Å². The van der Waals surface area contributed by atoms with Gasteiger partial charge in [0.1, 0.15) is 11.3 Å². The van der Waals surface area contributed by atoms with Crippen LogP contribution in [-0.4, -0.2) is 70.2 Å². The van der Waals surface area contributed by atoms with Crippen LogP contribution in [0.15, 0.2) is 24.3 Å². The Labute approximate surface area is 171 Å². The van der Waals surface area contributed by atoms with E-state index < -0.39 is 0 Å². The number of tetrazole rings is 1. The first-order valence-electron chi connectivity index (χ1n) is 10.4. The van der Waals surface area contributed by atoms with Gasteiger partial charge >= 0.3 is 0 Å². The Kier molecular flexibility index (Phi) is 5.54. The van der Waals surface area contributed by atoms with Gasteiger partial charge in [-0.15, -0.1) is 5.10 Å². The Bertz CT molecular complexity index is 860. The second-order valence-corrected chi connectivity index (χ2v) is 8.40. The van der Waals surface area contributed by atoms with E-state index in [2.05, 4.69) is 34.5 Å². The topological polar surface area (TPSA) is 76.4 Å². The number of hydrogen-bond acceptors (Lipinski definition) is 6. The number of nitrogens with zero attached hydrogens (tertiary/aromatic N) is 6. The van der Waals surface area contributed by atoms with Crippen LogP contribution in [0.4, 0.5) is 0 Å². The van der Waals surface area contributed by atoms with Crippen molar-refractivity contribution in [3.63, 3.8) is 0 Å². The molecule has 4 rings (SSSR count). The lowest BCUT2D eigenvalue weighted by Gasteiger charge is -2.35. The molecule has 29 heavy (non-hydrogen) atoms. The smallest absolute Gasteiger partial charge is 0.227 e. The van der Waals surface area contributed by atoms with E-state index in [0.29, 0.717) is 25.6 Å². The predicted molar refractivity (Wildman–Crippen MR) is 109 cm³/mol. The van der Waals surface area contributed by atoms with Gasteiger partial charge < -0.3 is 9.64 Å². The Balaban J connectivity index is 1.54. The van der Waals surface area contributed by atoms with E-state index in [1.807, 2.05) is 33.8 Å². The fraction of sp³-hybridized carbons (Fsp3) is 0.619. The molecule has 1 saturated heterocycles. The van der Waals surface area contributed by atoms with Gasteiger partial charge in [-0.25, -0.2) is 4.68 Å². The normalized spacial score (nSPS) is 22.6. The Morgan fingerprint density at radius 2 is 2.10 bits per heavy atom. The zero-order valence-electron chi connectivity index (χ0n) is 17.5. The number of ether oxygens (including phenoxy) is 1. The number of aromatic nitrogens is 4. The van der Waals surface area contributed by atoms with Crippen molar-refractivity contribution >= 4 is 5.91 Å². The first kappa shape index (κ1) is 19.8. The highest BCUT2D eigenvalue weighted by Crippen LogP contribution is 2.38. The number of methoxy groups -OCH3 is 1. The third-order valence-corrected chi connectivity index (χ3v) is 6.53. The Morgan fingerprint density at radius 3 is 2.83 bits per heavy atom. The number of likely N-dealkylation sites (tertiary alicyclic amines) is 1. The van der Waals surface area contributed by atoms with Crippen molar-refractivity contribution < 1.29 is 9.53 Å². The average Bonchev–Trinajstić information content (AvgIpc) is 3.47. The molecule has 156 valence electrons. The minimum absolute atomic E-state index is 0.127. The van der Waals surface area contributed by atoms with Gasteiger partial charge in [0.15, 0.2) is 5.82 Å². The zero-order valence-corrected chi connectivity index (χ0v) is 17.5. The molecule has 1 aromatic carbocycles. The van der Waals surface area contributed by atoms with Gasteiger partial charge in [-0.3, -0.25) is 9.69 Å². The molecule has 8 nitrogen and oxygen atoms in total. The van der Waals surface area contributed by atoms with Crippen LogP contribution in [0.1, 0.15) is 49.5 Å². The summed E-state index contributed by atoms with van der Waals surface area (Å²) in [7, 11) is 5.76. The lowest BCUT2D eigenvalue weighted by molar-refractivity contribution is -0.130. The molecule has 1 aliphatic heterocycles. The summed E-state index contributed by atoms with van der Waals surface area (Å²) in [4.78, 5) is 17.2. The predicted octanol–water partition coefficient (Wildman–Crippen LogP) is 2.03. The molecule has 2 heterocycles. The van der Waals surface area contributed by atoms with Crippen LogP contribution in [0.2, 0.25) is 0 Å². The number of benzene rings is 1. The Hall–Kier alpha value is -2.48. The maximum Gasteiger partial charge on any atom is 0.227 e.